The molecule has 9 nitrogen and oxygen atoms in total. The lowest BCUT2D eigenvalue weighted by Gasteiger charge is -2.10. The van der Waals surface area contributed by atoms with E-state index in [2.05, 4.69) is 10.1 Å². The Morgan fingerprint density at radius 2 is 2.00 bits per heavy atom. The van der Waals surface area contributed by atoms with Crippen LogP contribution in [0.1, 0.15) is 40.2 Å². The van der Waals surface area contributed by atoms with Crippen molar-refractivity contribution in [2.75, 3.05) is 0 Å². The molecule has 6 rings (SSSR count). The molecule has 0 saturated heterocycles. The van der Waals surface area contributed by atoms with E-state index in [9.17, 15) is 22.9 Å². The number of nitrogens with zero attached hydrogens (tertiary/aromatic N) is 4. The number of rotatable bonds is 9. The molecule has 1 atom stereocenters. The van der Waals surface area contributed by atoms with Gasteiger partial charge in [-0.05, 0) is 61.1 Å². The zero-order valence-electron chi connectivity index (χ0n) is 20.8. The summed E-state index contributed by atoms with van der Waals surface area (Å²) in [4.78, 5) is 15.8. The van der Waals surface area contributed by atoms with Crippen LogP contribution in [0, 0.1) is 17.6 Å². The van der Waals surface area contributed by atoms with Gasteiger partial charge in [-0.15, -0.1) is 16.5 Å². The molecule has 2 aromatic carbocycles. The fraction of sp³-hybridized carbons (Fsp3) is 0.185. The number of aromatic nitrogens is 4. The van der Waals surface area contributed by atoms with Gasteiger partial charge in [-0.3, -0.25) is 0 Å². The Labute approximate surface area is 232 Å². The van der Waals surface area contributed by atoms with Gasteiger partial charge in [-0.25, -0.2) is 23.2 Å². The van der Waals surface area contributed by atoms with Crippen molar-refractivity contribution in [3.05, 3.63) is 88.4 Å². The minimum Gasteiger partial charge on any atom is -0.476 e. The number of carbonyl (C=O) groups is 1. The van der Waals surface area contributed by atoms with Crippen molar-refractivity contribution in [3.63, 3.8) is 0 Å². The first-order valence-electron chi connectivity index (χ1n) is 12.3. The average Bonchev–Trinajstić information content (AvgIpc) is 3.29. The van der Waals surface area contributed by atoms with Crippen molar-refractivity contribution in [2.45, 2.75) is 30.6 Å². The Hall–Kier alpha value is -4.07. The first kappa shape index (κ1) is 26.2. The Morgan fingerprint density at radius 3 is 2.65 bits per heavy atom. The lowest BCUT2D eigenvalue weighted by atomic mass is 9.95. The van der Waals surface area contributed by atoms with E-state index in [0.717, 1.165) is 35.4 Å². The van der Waals surface area contributed by atoms with Crippen LogP contribution in [0.15, 0.2) is 63.7 Å². The number of carboxylic acid groups (broad SMARTS) is 1. The van der Waals surface area contributed by atoms with Gasteiger partial charge in [0.05, 0.1) is 17.6 Å². The second-order valence-electron chi connectivity index (χ2n) is 9.55. The number of halogens is 2. The molecule has 1 aliphatic carbocycles. The number of benzene rings is 2. The van der Waals surface area contributed by atoms with Crippen LogP contribution in [-0.4, -0.2) is 31.0 Å². The fourth-order valence-corrected chi connectivity index (χ4v) is 5.87. The number of nitrogens with two attached hydrogens (primary N) is 1. The summed E-state index contributed by atoms with van der Waals surface area (Å²) in [5.41, 5.74) is 3.94. The fourth-order valence-electron chi connectivity index (χ4n) is 4.60. The molecule has 0 radical (unpaired) electrons. The van der Waals surface area contributed by atoms with Crippen LogP contribution < -0.4 is 5.14 Å². The maximum Gasteiger partial charge on any atom is 0.355 e. The Bertz CT molecular complexity index is 1760. The first-order valence-corrected chi connectivity index (χ1v) is 14.5. The monoisotopic (exact) mass is 582 g/mol. The average molecular weight is 583 g/mol. The highest BCUT2D eigenvalue weighted by atomic mass is 32.2. The first-order chi connectivity index (χ1) is 19.3. The standard InChI is InChI=1S/C27H21F2N5O4S2/c28-20-5-4-16(10-18(20)17-11-31-38-12-17)25-19(7-15-3-6-24(40(30)37)21(29)8-15)23(9-14-1-2-14)34(33-25)27-32-22(13-39-27)26(35)36/h3-6,8,10-14H,1-2,7,9H2,(H2,30,37)(H,35,36)/p+1. The number of carboxylic acids is 1. The number of hydrogen-bond donors (Lipinski definition) is 2. The van der Waals surface area contributed by atoms with Gasteiger partial charge in [0.25, 0.3) is 0 Å². The van der Waals surface area contributed by atoms with Crippen LogP contribution in [0.2, 0.25) is 0 Å². The van der Waals surface area contributed by atoms with Gasteiger partial charge in [0.1, 0.15) is 12.1 Å². The van der Waals surface area contributed by atoms with Gasteiger partial charge in [-0.1, -0.05) is 15.4 Å². The van der Waals surface area contributed by atoms with E-state index < -0.39 is 28.6 Å². The van der Waals surface area contributed by atoms with Crippen LogP contribution in [0.3, 0.4) is 0 Å². The number of thiol groups is 1. The van der Waals surface area contributed by atoms with Gasteiger partial charge >= 0.3 is 5.97 Å². The number of aromatic carboxylic acids is 1. The van der Waals surface area contributed by atoms with E-state index in [1.807, 2.05) is 0 Å². The highest BCUT2D eigenvalue weighted by Crippen LogP contribution is 2.39. The van der Waals surface area contributed by atoms with Crippen molar-refractivity contribution in [1.29, 1.82) is 0 Å². The maximum absolute atomic E-state index is 14.8. The van der Waals surface area contributed by atoms with Crippen molar-refractivity contribution in [3.8, 4) is 27.5 Å². The Balaban J connectivity index is 1.54. The van der Waals surface area contributed by atoms with Gasteiger partial charge in [0.2, 0.25) is 10.0 Å². The summed E-state index contributed by atoms with van der Waals surface area (Å²) in [6.07, 6.45) is 5.75. The third-order valence-corrected chi connectivity index (χ3v) is 8.43. The summed E-state index contributed by atoms with van der Waals surface area (Å²) in [5.74, 6) is -1.86. The van der Waals surface area contributed by atoms with Crippen molar-refractivity contribution >= 4 is 28.3 Å². The summed E-state index contributed by atoms with van der Waals surface area (Å²) in [7, 11) is -2.34. The predicted octanol–water partition coefficient (Wildman–Crippen LogP) is 5.10. The normalized spacial score (nSPS) is 14.0. The van der Waals surface area contributed by atoms with Crippen LogP contribution in [0.4, 0.5) is 8.78 Å². The molecule has 1 saturated carbocycles. The van der Waals surface area contributed by atoms with E-state index in [1.54, 1.807) is 22.9 Å². The van der Waals surface area contributed by atoms with Crippen molar-refractivity contribution < 1.29 is 27.4 Å². The molecule has 0 spiro atoms. The number of thiazole rings is 1. The third-order valence-electron chi connectivity index (χ3n) is 6.77. The van der Waals surface area contributed by atoms with E-state index in [0.29, 0.717) is 39.9 Å². The molecule has 0 amide bonds. The summed E-state index contributed by atoms with van der Waals surface area (Å²) in [6, 6.07) is 8.97. The summed E-state index contributed by atoms with van der Waals surface area (Å²) < 4.78 is 47.8. The lowest BCUT2D eigenvalue weighted by Crippen LogP contribution is -2.07. The minimum atomic E-state index is -2.34. The second-order valence-corrected chi connectivity index (χ2v) is 11.5. The molecular weight excluding hydrogens is 560 g/mol. The lowest BCUT2D eigenvalue weighted by molar-refractivity contribution is 0.0691. The molecule has 3 N–H and O–H groups in total. The molecule has 3 heterocycles. The van der Waals surface area contributed by atoms with Crippen LogP contribution in [0.5, 0.6) is 0 Å². The highest BCUT2D eigenvalue weighted by molar-refractivity contribution is 7.82. The van der Waals surface area contributed by atoms with Gasteiger partial charge in [0.15, 0.2) is 22.5 Å². The second kappa shape index (κ2) is 10.5. The molecule has 1 unspecified atom stereocenters. The Kier molecular flexibility index (Phi) is 6.86. The molecule has 5 aromatic rings. The quantitative estimate of drug-likeness (QED) is 0.182. The zero-order valence-corrected chi connectivity index (χ0v) is 22.5. The molecule has 204 valence electrons. The SMILES string of the molecule is N[SH+](=O)c1ccc(Cc2c(-c3ccc(F)c(-c4cnoc4)c3)nn(-c3nc(C(=O)O)cs3)c2CC2CC2)cc1F. The summed E-state index contributed by atoms with van der Waals surface area (Å²) in [6.45, 7) is 0. The van der Waals surface area contributed by atoms with Crippen molar-refractivity contribution in [2.24, 2.45) is 11.1 Å². The topological polar surface area (TPSA) is 137 Å². The van der Waals surface area contributed by atoms with Gasteiger partial charge in [0, 0.05) is 34.1 Å². The molecule has 0 bridgehead atoms. The van der Waals surface area contributed by atoms with E-state index in [1.165, 1.54) is 36.0 Å². The molecule has 13 heteroatoms. The zero-order chi connectivity index (χ0) is 28.0. The smallest absolute Gasteiger partial charge is 0.355 e. The van der Waals surface area contributed by atoms with Crippen LogP contribution in [-0.2, 0) is 28.0 Å². The van der Waals surface area contributed by atoms with E-state index in [-0.39, 0.29) is 22.6 Å². The van der Waals surface area contributed by atoms with Crippen LogP contribution in [0.25, 0.3) is 27.5 Å². The Morgan fingerprint density at radius 1 is 1.18 bits per heavy atom. The van der Waals surface area contributed by atoms with Crippen LogP contribution >= 0.6 is 11.3 Å². The van der Waals surface area contributed by atoms with Crippen molar-refractivity contribution in [1.82, 2.24) is 19.9 Å². The largest absolute Gasteiger partial charge is 0.476 e. The third kappa shape index (κ3) is 5.10. The van der Waals surface area contributed by atoms with E-state index >= 15 is 0 Å². The molecule has 0 aliphatic heterocycles. The molecule has 40 heavy (non-hydrogen) atoms. The van der Waals surface area contributed by atoms with Gasteiger partial charge < -0.3 is 9.63 Å². The molecule has 1 aliphatic rings. The molecule has 3 aromatic heterocycles. The molecule has 1 fully saturated rings. The number of hydrogen-bond acceptors (Lipinski definition) is 7. The maximum atomic E-state index is 14.8. The van der Waals surface area contributed by atoms with Gasteiger partial charge in [-0.2, -0.15) is 5.10 Å². The minimum absolute atomic E-state index is 0.0613. The summed E-state index contributed by atoms with van der Waals surface area (Å²) in [5, 5.41) is 25.2. The molecular formula is C27H22F2N5O4S2+. The summed E-state index contributed by atoms with van der Waals surface area (Å²) >= 11 is 1.15. The predicted molar refractivity (Wildman–Crippen MR) is 145 cm³/mol. The van der Waals surface area contributed by atoms with E-state index in [4.69, 9.17) is 14.8 Å². The highest BCUT2D eigenvalue weighted by Gasteiger charge is 2.30.